The topological polar surface area (TPSA) is 46.9 Å². The largest absolute Gasteiger partial charge is 0.362 e. The van der Waals surface area contributed by atoms with Crippen LogP contribution in [0.1, 0.15) is 25.7 Å². The maximum absolute atomic E-state index is 11.8. The minimum atomic E-state index is -0.0229. The van der Waals surface area contributed by atoms with E-state index >= 15 is 0 Å². The molecule has 2 aliphatic carbocycles. The minimum Gasteiger partial charge on any atom is -0.362 e. The molecule has 2 bridgehead atoms. The van der Waals surface area contributed by atoms with E-state index in [1.165, 1.54) is 25.7 Å². The molecule has 0 radical (unpaired) electrons. The average Bonchev–Trinajstić information content (AvgIpc) is 2.86. The van der Waals surface area contributed by atoms with Crippen molar-refractivity contribution in [1.82, 2.24) is 9.55 Å². The third-order valence-electron chi connectivity index (χ3n) is 4.08. The molecule has 0 saturated heterocycles. The Bertz CT molecular complexity index is 454. The van der Waals surface area contributed by atoms with Gasteiger partial charge in [0.1, 0.15) is 0 Å². The van der Waals surface area contributed by atoms with Crippen molar-refractivity contribution in [2.45, 2.75) is 31.7 Å². The fraction of sp³-hybridized carbons (Fsp3) is 0.667. The smallest absolute Gasteiger partial charge is 0.293 e. The lowest BCUT2D eigenvalue weighted by Crippen LogP contribution is -2.31. The summed E-state index contributed by atoms with van der Waals surface area (Å²) in [6, 6.07) is 0.473. The molecule has 2 saturated carbocycles. The molecule has 1 aromatic heterocycles. The third kappa shape index (κ3) is 1.52. The van der Waals surface area contributed by atoms with Crippen LogP contribution in [0.15, 0.2) is 17.2 Å². The molecule has 1 N–H and O–H groups in total. The first-order valence-electron chi connectivity index (χ1n) is 6.02. The van der Waals surface area contributed by atoms with Gasteiger partial charge in [-0.3, -0.25) is 4.79 Å². The van der Waals surface area contributed by atoms with Gasteiger partial charge in [-0.1, -0.05) is 6.42 Å². The minimum absolute atomic E-state index is 0.0229. The highest BCUT2D eigenvalue weighted by Crippen LogP contribution is 2.45. The van der Waals surface area contributed by atoms with E-state index in [1.807, 2.05) is 0 Å². The highest BCUT2D eigenvalue weighted by molar-refractivity contribution is 5.33. The summed E-state index contributed by atoms with van der Waals surface area (Å²) in [6.45, 7) is 0. The van der Waals surface area contributed by atoms with Gasteiger partial charge >= 0.3 is 0 Å². The van der Waals surface area contributed by atoms with E-state index in [1.54, 1.807) is 24.0 Å². The van der Waals surface area contributed by atoms with Crippen LogP contribution in [0, 0.1) is 11.8 Å². The van der Waals surface area contributed by atoms with Crippen LogP contribution in [-0.4, -0.2) is 15.6 Å². The summed E-state index contributed by atoms with van der Waals surface area (Å²) in [4.78, 5) is 15.9. The Morgan fingerprint density at radius 3 is 3.00 bits per heavy atom. The number of anilines is 1. The quantitative estimate of drug-likeness (QED) is 0.817. The number of aryl methyl sites for hydroxylation is 1. The van der Waals surface area contributed by atoms with Crippen molar-refractivity contribution in [3.63, 3.8) is 0 Å². The molecule has 86 valence electrons. The number of rotatable bonds is 2. The van der Waals surface area contributed by atoms with Crippen molar-refractivity contribution in [2.24, 2.45) is 18.9 Å². The van der Waals surface area contributed by atoms with Crippen LogP contribution >= 0.6 is 0 Å². The summed E-state index contributed by atoms with van der Waals surface area (Å²) >= 11 is 0. The molecule has 2 fully saturated rings. The first kappa shape index (κ1) is 9.87. The molecule has 3 atom stereocenters. The van der Waals surface area contributed by atoms with Gasteiger partial charge in [-0.25, -0.2) is 4.98 Å². The van der Waals surface area contributed by atoms with Crippen LogP contribution in [0.5, 0.6) is 0 Å². The zero-order valence-electron chi connectivity index (χ0n) is 9.52. The second-order valence-corrected chi connectivity index (χ2v) is 5.12. The molecular formula is C12H17N3O. The predicted octanol–water partition coefficient (Wildman–Crippen LogP) is 1.38. The number of nitrogens with zero attached hydrogens (tertiary/aromatic N) is 2. The molecule has 0 amide bonds. The molecule has 4 nitrogen and oxygen atoms in total. The molecule has 0 aliphatic heterocycles. The highest BCUT2D eigenvalue weighted by Gasteiger charge is 2.39. The van der Waals surface area contributed by atoms with Gasteiger partial charge in [-0.05, 0) is 31.1 Å². The lowest BCUT2D eigenvalue weighted by Gasteiger charge is -2.23. The Morgan fingerprint density at radius 1 is 1.44 bits per heavy atom. The Labute approximate surface area is 94.7 Å². The lowest BCUT2D eigenvalue weighted by molar-refractivity contribution is 0.438. The number of aromatic nitrogens is 2. The van der Waals surface area contributed by atoms with E-state index < -0.39 is 0 Å². The van der Waals surface area contributed by atoms with Gasteiger partial charge in [0.05, 0.1) is 0 Å². The van der Waals surface area contributed by atoms with E-state index in [2.05, 4.69) is 10.3 Å². The molecule has 4 heteroatoms. The summed E-state index contributed by atoms with van der Waals surface area (Å²) in [5, 5.41) is 3.34. The SMILES string of the molecule is Cn1ccnc(NC2CC3CCC2C3)c1=O. The van der Waals surface area contributed by atoms with Crippen molar-refractivity contribution < 1.29 is 0 Å². The Morgan fingerprint density at radius 2 is 2.31 bits per heavy atom. The van der Waals surface area contributed by atoms with Crippen LogP contribution < -0.4 is 10.9 Å². The number of hydrogen-bond donors (Lipinski definition) is 1. The normalized spacial score (nSPS) is 31.9. The third-order valence-corrected chi connectivity index (χ3v) is 4.08. The number of fused-ring (bicyclic) bond motifs is 2. The average molecular weight is 219 g/mol. The first-order chi connectivity index (χ1) is 7.74. The Hall–Kier alpha value is -1.32. The van der Waals surface area contributed by atoms with Gasteiger partial charge in [0, 0.05) is 25.5 Å². The van der Waals surface area contributed by atoms with E-state index in [0.717, 1.165) is 11.8 Å². The zero-order valence-corrected chi connectivity index (χ0v) is 9.52. The summed E-state index contributed by atoms with van der Waals surface area (Å²) in [5.74, 6) is 2.16. The number of hydrogen-bond acceptors (Lipinski definition) is 3. The summed E-state index contributed by atoms with van der Waals surface area (Å²) in [5.41, 5.74) is -0.0229. The van der Waals surface area contributed by atoms with Crippen LogP contribution in [0.3, 0.4) is 0 Å². The van der Waals surface area contributed by atoms with E-state index in [9.17, 15) is 4.79 Å². The second-order valence-electron chi connectivity index (χ2n) is 5.12. The van der Waals surface area contributed by atoms with Crippen molar-refractivity contribution >= 4 is 5.82 Å². The van der Waals surface area contributed by atoms with Crippen molar-refractivity contribution in [3.8, 4) is 0 Å². The molecule has 1 heterocycles. The molecule has 2 aliphatic rings. The summed E-state index contributed by atoms with van der Waals surface area (Å²) < 4.78 is 1.57. The lowest BCUT2D eigenvalue weighted by atomic mass is 9.95. The van der Waals surface area contributed by atoms with Crippen LogP contribution in [0.2, 0.25) is 0 Å². The predicted molar refractivity (Wildman–Crippen MR) is 62.3 cm³/mol. The van der Waals surface area contributed by atoms with E-state index in [0.29, 0.717) is 11.9 Å². The highest BCUT2D eigenvalue weighted by atomic mass is 16.1. The first-order valence-corrected chi connectivity index (χ1v) is 6.02. The Balaban J connectivity index is 1.80. The van der Waals surface area contributed by atoms with Gasteiger partial charge in [0.25, 0.3) is 5.56 Å². The summed E-state index contributed by atoms with van der Waals surface area (Å²) in [6.07, 6.45) is 8.61. The maximum Gasteiger partial charge on any atom is 0.293 e. The van der Waals surface area contributed by atoms with Crippen LogP contribution in [0.4, 0.5) is 5.82 Å². The van der Waals surface area contributed by atoms with Gasteiger partial charge in [0.15, 0.2) is 5.82 Å². The number of nitrogens with one attached hydrogen (secondary N) is 1. The molecule has 16 heavy (non-hydrogen) atoms. The van der Waals surface area contributed by atoms with Crippen molar-refractivity contribution in [2.75, 3.05) is 5.32 Å². The second kappa shape index (κ2) is 3.61. The van der Waals surface area contributed by atoms with Gasteiger partial charge < -0.3 is 9.88 Å². The molecular weight excluding hydrogens is 202 g/mol. The molecule has 3 rings (SSSR count). The monoisotopic (exact) mass is 219 g/mol. The zero-order chi connectivity index (χ0) is 11.1. The molecule has 0 aromatic carbocycles. The molecule has 3 unspecified atom stereocenters. The van der Waals surface area contributed by atoms with Crippen LogP contribution in [-0.2, 0) is 7.05 Å². The van der Waals surface area contributed by atoms with Gasteiger partial charge in [-0.15, -0.1) is 0 Å². The van der Waals surface area contributed by atoms with E-state index in [-0.39, 0.29) is 5.56 Å². The summed E-state index contributed by atoms with van der Waals surface area (Å²) in [7, 11) is 1.76. The molecule has 1 aromatic rings. The van der Waals surface area contributed by atoms with Gasteiger partial charge in [0.2, 0.25) is 0 Å². The Kier molecular flexibility index (Phi) is 2.23. The van der Waals surface area contributed by atoms with Crippen LogP contribution in [0.25, 0.3) is 0 Å². The molecule has 0 spiro atoms. The van der Waals surface area contributed by atoms with Crippen molar-refractivity contribution in [1.29, 1.82) is 0 Å². The maximum atomic E-state index is 11.8. The van der Waals surface area contributed by atoms with E-state index in [4.69, 9.17) is 0 Å². The van der Waals surface area contributed by atoms with Gasteiger partial charge in [-0.2, -0.15) is 0 Å². The fourth-order valence-electron chi connectivity index (χ4n) is 3.19. The standard InChI is InChI=1S/C12H17N3O/c1-15-5-4-13-11(12(15)16)14-10-7-8-2-3-9(10)6-8/h4-5,8-10H,2-3,6-7H2,1H3,(H,13,14). The van der Waals surface area contributed by atoms with Crippen molar-refractivity contribution in [3.05, 3.63) is 22.7 Å². The fourth-order valence-corrected chi connectivity index (χ4v) is 3.19.